The number of hydrogen-bond acceptors (Lipinski definition) is 4. The van der Waals surface area contributed by atoms with Gasteiger partial charge in [0.1, 0.15) is 28.2 Å². The van der Waals surface area contributed by atoms with Gasteiger partial charge in [-0.25, -0.2) is 4.21 Å². The molecular weight excluding hydrogens is 386 g/mol. The van der Waals surface area contributed by atoms with Crippen molar-refractivity contribution in [1.29, 1.82) is 0 Å². The Hall–Kier alpha value is -3.32. The van der Waals surface area contributed by atoms with Gasteiger partial charge in [0.2, 0.25) is 0 Å². The van der Waals surface area contributed by atoms with E-state index in [-0.39, 0.29) is 5.56 Å². The molecule has 1 atom stereocenters. The molecule has 2 N–H and O–H groups in total. The minimum absolute atomic E-state index is 0.126. The zero-order valence-corrected chi connectivity index (χ0v) is 17.4. The molecule has 1 heterocycles. The maximum atomic E-state index is 12.2. The third kappa shape index (κ3) is 4.75. The molecule has 0 fully saturated rings. The Kier molecular flexibility index (Phi) is 6.19. The van der Waals surface area contributed by atoms with E-state index >= 15 is 0 Å². The van der Waals surface area contributed by atoms with Crippen molar-refractivity contribution in [2.75, 3.05) is 17.1 Å². The highest BCUT2D eigenvalue weighted by Gasteiger charge is 2.13. The van der Waals surface area contributed by atoms with Gasteiger partial charge in [-0.05, 0) is 43.3 Å². The van der Waals surface area contributed by atoms with Crippen molar-refractivity contribution in [2.24, 2.45) is 7.05 Å². The van der Waals surface area contributed by atoms with Gasteiger partial charge in [0.25, 0.3) is 5.56 Å². The minimum atomic E-state index is -1.40. The third-order valence-electron chi connectivity index (χ3n) is 4.36. The van der Waals surface area contributed by atoms with Crippen molar-refractivity contribution in [1.82, 2.24) is 4.57 Å². The van der Waals surface area contributed by atoms with Gasteiger partial charge in [-0.3, -0.25) is 4.79 Å². The molecular formula is C22H23N3O3S. The Morgan fingerprint density at radius 1 is 1.14 bits per heavy atom. The third-order valence-corrected chi connectivity index (χ3v) is 5.10. The Balaban J connectivity index is 2.12. The molecule has 0 aliphatic rings. The van der Waals surface area contributed by atoms with E-state index in [1.807, 2.05) is 43.3 Å². The molecule has 150 valence electrons. The summed E-state index contributed by atoms with van der Waals surface area (Å²) in [5, 5.41) is 4.25. The molecule has 1 aromatic heterocycles. The number of ether oxygens (including phenoxy) is 1. The number of aryl methyl sites for hydroxylation is 2. The number of hydrogen-bond donors (Lipinski definition) is 2. The summed E-state index contributed by atoms with van der Waals surface area (Å²) in [5.41, 5.74) is 3.67. The van der Waals surface area contributed by atoms with Crippen LogP contribution >= 0.6 is 0 Å². The first kappa shape index (κ1) is 20.4. The number of pyridine rings is 1. The standard InChI is InChI=1S/C22H23N3O3S/c1-5-29(27)24-17-8-11-21(28-18-9-6-15(2)7-10-18)19(13-17)16-12-20(23-3)22(26)25(4)14-16/h5-14,23-24H,1H2,2-4H3. The van der Waals surface area contributed by atoms with Gasteiger partial charge < -0.3 is 19.3 Å². The second-order valence-electron chi connectivity index (χ2n) is 6.50. The zero-order chi connectivity index (χ0) is 21.0. The van der Waals surface area contributed by atoms with Gasteiger partial charge in [-0.15, -0.1) is 0 Å². The lowest BCUT2D eigenvalue weighted by Crippen LogP contribution is -2.19. The van der Waals surface area contributed by atoms with Crippen molar-refractivity contribution in [2.45, 2.75) is 6.92 Å². The lowest BCUT2D eigenvalue weighted by atomic mass is 10.0. The maximum absolute atomic E-state index is 12.2. The highest BCUT2D eigenvalue weighted by Crippen LogP contribution is 2.36. The fourth-order valence-electron chi connectivity index (χ4n) is 2.84. The summed E-state index contributed by atoms with van der Waals surface area (Å²) in [6.07, 6.45) is 1.74. The summed E-state index contributed by atoms with van der Waals surface area (Å²) < 4.78 is 22.3. The number of nitrogens with zero attached hydrogens (tertiary/aromatic N) is 1. The lowest BCUT2D eigenvalue weighted by molar-refractivity contribution is 0.484. The van der Waals surface area contributed by atoms with E-state index in [1.54, 1.807) is 32.4 Å². The summed E-state index contributed by atoms with van der Waals surface area (Å²) >= 11 is 0. The van der Waals surface area contributed by atoms with E-state index in [2.05, 4.69) is 16.6 Å². The first-order valence-electron chi connectivity index (χ1n) is 8.98. The molecule has 0 aliphatic carbocycles. The second-order valence-corrected chi connectivity index (χ2v) is 7.63. The van der Waals surface area contributed by atoms with E-state index in [4.69, 9.17) is 4.74 Å². The maximum Gasteiger partial charge on any atom is 0.273 e. The predicted octanol–water partition coefficient (Wildman–Crippen LogP) is 4.41. The molecule has 0 aliphatic heterocycles. The molecule has 7 heteroatoms. The predicted molar refractivity (Wildman–Crippen MR) is 120 cm³/mol. The summed E-state index contributed by atoms with van der Waals surface area (Å²) in [6, 6.07) is 15.0. The van der Waals surface area contributed by atoms with Gasteiger partial charge >= 0.3 is 0 Å². The normalized spacial score (nSPS) is 11.6. The van der Waals surface area contributed by atoms with Gasteiger partial charge in [-0.1, -0.05) is 24.3 Å². The van der Waals surface area contributed by atoms with Crippen molar-refractivity contribution in [3.8, 4) is 22.6 Å². The second kappa shape index (κ2) is 8.79. The average Bonchev–Trinajstić information content (AvgIpc) is 2.72. The summed E-state index contributed by atoms with van der Waals surface area (Å²) in [7, 11) is 2.00. The van der Waals surface area contributed by atoms with Crippen LogP contribution in [0.2, 0.25) is 0 Å². The summed E-state index contributed by atoms with van der Waals surface area (Å²) in [5.74, 6) is 1.32. The Bertz CT molecular complexity index is 1120. The smallest absolute Gasteiger partial charge is 0.273 e. The van der Waals surface area contributed by atoms with Crippen molar-refractivity contribution in [3.63, 3.8) is 0 Å². The zero-order valence-electron chi connectivity index (χ0n) is 16.6. The fourth-order valence-corrected chi connectivity index (χ4v) is 3.28. The van der Waals surface area contributed by atoms with E-state index in [0.29, 0.717) is 22.9 Å². The highest BCUT2D eigenvalue weighted by atomic mass is 32.2. The van der Waals surface area contributed by atoms with Crippen LogP contribution in [0.15, 0.2) is 71.5 Å². The van der Waals surface area contributed by atoms with Crippen LogP contribution in [-0.4, -0.2) is 15.8 Å². The van der Waals surface area contributed by atoms with Gasteiger partial charge in [-0.2, -0.15) is 0 Å². The number of rotatable bonds is 7. The Labute approximate surface area is 172 Å². The SMILES string of the molecule is C=CS(=O)Nc1ccc(Oc2ccc(C)cc2)c(-c2cc(NC)c(=O)n(C)c2)c1. The monoisotopic (exact) mass is 409 g/mol. The first-order valence-corrected chi connectivity index (χ1v) is 10.2. The van der Waals surface area contributed by atoms with Gasteiger partial charge in [0, 0.05) is 42.5 Å². The lowest BCUT2D eigenvalue weighted by Gasteiger charge is -2.15. The number of benzene rings is 2. The van der Waals surface area contributed by atoms with E-state index in [9.17, 15) is 9.00 Å². The number of anilines is 2. The molecule has 0 saturated heterocycles. The van der Waals surface area contributed by atoms with Crippen LogP contribution in [0, 0.1) is 6.92 Å². The quantitative estimate of drug-likeness (QED) is 0.606. The average molecular weight is 410 g/mol. The van der Waals surface area contributed by atoms with Crippen LogP contribution in [-0.2, 0) is 18.0 Å². The summed E-state index contributed by atoms with van der Waals surface area (Å²) in [4.78, 5) is 12.2. The highest BCUT2D eigenvalue weighted by molar-refractivity contribution is 7.89. The molecule has 0 spiro atoms. The topological polar surface area (TPSA) is 72.4 Å². The Morgan fingerprint density at radius 2 is 1.86 bits per heavy atom. The molecule has 3 rings (SSSR count). The van der Waals surface area contributed by atoms with Crippen molar-refractivity contribution in [3.05, 3.63) is 82.6 Å². The van der Waals surface area contributed by atoms with Crippen LogP contribution in [0.1, 0.15) is 5.56 Å². The van der Waals surface area contributed by atoms with Crippen LogP contribution < -0.4 is 20.3 Å². The van der Waals surface area contributed by atoms with Gasteiger partial charge in [0.05, 0.1) is 0 Å². The summed E-state index contributed by atoms with van der Waals surface area (Å²) in [6.45, 7) is 5.54. The number of aromatic nitrogens is 1. The number of nitrogens with one attached hydrogen (secondary N) is 2. The van der Waals surface area contributed by atoms with Crippen molar-refractivity contribution < 1.29 is 8.95 Å². The molecule has 0 saturated carbocycles. The largest absolute Gasteiger partial charge is 0.457 e. The first-order chi connectivity index (χ1) is 13.9. The Morgan fingerprint density at radius 3 is 2.52 bits per heavy atom. The fraction of sp³-hybridized carbons (Fsp3) is 0.136. The van der Waals surface area contributed by atoms with E-state index in [0.717, 1.165) is 16.7 Å². The molecule has 2 aromatic carbocycles. The van der Waals surface area contributed by atoms with Crippen LogP contribution in [0.4, 0.5) is 11.4 Å². The molecule has 0 bridgehead atoms. The van der Waals surface area contributed by atoms with E-state index < -0.39 is 11.0 Å². The minimum Gasteiger partial charge on any atom is -0.457 e. The van der Waals surface area contributed by atoms with Gasteiger partial charge in [0.15, 0.2) is 0 Å². The molecule has 0 radical (unpaired) electrons. The van der Waals surface area contributed by atoms with Crippen LogP contribution in [0.5, 0.6) is 11.5 Å². The van der Waals surface area contributed by atoms with Crippen LogP contribution in [0.3, 0.4) is 0 Å². The molecule has 29 heavy (non-hydrogen) atoms. The molecule has 1 unspecified atom stereocenters. The molecule has 3 aromatic rings. The van der Waals surface area contributed by atoms with Crippen LogP contribution in [0.25, 0.3) is 11.1 Å². The molecule has 6 nitrogen and oxygen atoms in total. The van der Waals surface area contributed by atoms with Crippen molar-refractivity contribution >= 4 is 22.4 Å². The molecule has 0 amide bonds. The van der Waals surface area contributed by atoms with E-state index in [1.165, 1.54) is 9.98 Å².